The maximum Gasteiger partial charge on any atom is 0.407 e. The van der Waals surface area contributed by atoms with Crippen LogP contribution in [0.4, 0.5) is 4.79 Å². The molecule has 0 bridgehead atoms. The van der Waals surface area contributed by atoms with Crippen LogP contribution >= 0.6 is 43.2 Å². The number of halogens is 2. The number of nitrogens with zero attached hydrogens (tertiary/aromatic N) is 2. The summed E-state index contributed by atoms with van der Waals surface area (Å²) in [6, 6.07) is 0. The van der Waals surface area contributed by atoms with Crippen LogP contribution in [-0.4, -0.2) is 72.8 Å². The molecule has 1 saturated heterocycles. The topological polar surface area (TPSA) is 96.4 Å². The molecule has 8 nitrogen and oxygen atoms in total. The van der Waals surface area contributed by atoms with Gasteiger partial charge in [-0.15, -0.1) is 11.3 Å². The van der Waals surface area contributed by atoms with Crippen LogP contribution < -0.4 is 4.74 Å². The lowest BCUT2D eigenvalue weighted by atomic mass is 10.3. The molecule has 1 aliphatic rings. The molecule has 1 N–H and O–H groups in total. The number of carboxylic acid groups (broad SMARTS) is 1. The van der Waals surface area contributed by atoms with E-state index in [4.69, 9.17) is 14.6 Å². The fourth-order valence-corrected chi connectivity index (χ4v) is 4.23. The molecular formula is C13H14Br2N2O6S. The van der Waals surface area contributed by atoms with Gasteiger partial charge in [0.15, 0.2) is 17.2 Å². The van der Waals surface area contributed by atoms with Gasteiger partial charge < -0.3 is 24.4 Å². The van der Waals surface area contributed by atoms with Gasteiger partial charge in [0.2, 0.25) is 0 Å². The van der Waals surface area contributed by atoms with Crippen LogP contribution in [0, 0.1) is 0 Å². The Morgan fingerprint density at radius 3 is 2.29 bits per heavy atom. The van der Waals surface area contributed by atoms with Crippen LogP contribution in [0.15, 0.2) is 8.26 Å². The van der Waals surface area contributed by atoms with Crippen LogP contribution in [-0.2, 0) is 9.53 Å². The molecule has 0 aliphatic carbocycles. The van der Waals surface area contributed by atoms with Gasteiger partial charge in [0.1, 0.15) is 0 Å². The summed E-state index contributed by atoms with van der Waals surface area (Å²) in [6.07, 6.45) is -0.992. The van der Waals surface area contributed by atoms with Crippen molar-refractivity contribution in [1.29, 1.82) is 0 Å². The molecule has 0 radical (unpaired) electrons. The summed E-state index contributed by atoms with van der Waals surface area (Å²) in [4.78, 5) is 37.9. The second-order valence-electron chi connectivity index (χ2n) is 4.78. The van der Waals surface area contributed by atoms with E-state index in [2.05, 4.69) is 31.9 Å². The Balaban J connectivity index is 1.98. The van der Waals surface area contributed by atoms with Crippen LogP contribution in [0.5, 0.6) is 5.75 Å². The van der Waals surface area contributed by atoms with Crippen LogP contribution in [0.2, 0.25) is 0 Å². The van der Waals surface area contributed by atoms with E-state index in [1.54, 1.807) is 0 Å². The first-order valence-electron chi connectivity index (χ1n) is 6.79. The highest BCUT2D eigenvalue weighted by atomic mass is 79.9. The number of hydrogen-bond acceptors (Lipinski definition) is 6. The molecule has 1 aromatic heterocycles. The third-order valence-electron chi connectivity index (χ3n) is 3.38. The third kappa shape index (κ3) is 4.19. The maximum absolute atomic E-state index is 12.2. The van der Waals surface area contributed by atoms with Crippen molar-refractivity contribution in [3.05, 3.63) is 13.1 Å². The number of amides is 2. The molecule has 132 valence electrons. The summed E-state index contributed by atoms with van der Waals surface area (Å²) < 4.78 is 11.4. The van der Waals surface area contributed by atoms with E-state index in [0.717, 1.165) is 11.3 Å². The van der Waals surface area contributed by atoms with E-state index in [-0.39, 0.29) is 36.2 Å². The number of carbonyl (C=O) groups is 3. The quantitative estimate of drug-likeness (QED) is 0.657. The zero-order valence-corrected chi connectivity index (χ0v) is 16.6. The van der Waals surface area contributed by atoms with Gasteiger partial charge in [-0.2, -0.15) is 0 Å². The van der Waals surface area contributed by atoms with E-state index in [1.807, 2.05) is 0 Å². The molecule has 2 heterocycles. The Labute approximate surface area is 158 Å². The molecule has 0 unspecified atom stereocenters. The molecule has 1 aromatic rings. The van der Waals surface area contributed by atoms with Crippen molar-refractivity contribution >= 4 is 61.2 Å². The van der Waals surface area contributed by atoms with E-state index >= 15 is 0 Å². The molecular weight excluding hydrogens is 472 g/mol. The summed E-state index contributed by atoms with van der Waals surface area (Å²) in [6.45, 7) is 0.906. The number of piperazine rings is 1. The van der Waals surface area contributed by atoms with E-state index in [1.165, 1.54) is 16.9 Å². The summed E-state index contributed by atoms with van der Waals surface area (Å²) >= 11 is 7.74. The summed E-state index contributed by atoms with van der Waals surface area (Å²) in [7, 11) is 1.26. The average Bonchev–Trinajstić information content (AvgIpc) is 2.87. The van der Waals surface area contributed by atoms with Gasteiger partial charge in [0.25, 0.3) is 5.91 Å². The molecule has 0 saturated carbocycles. The first-order valence-corrected chi connectivity index (χ1v) is 9.20. The molecule has 11 heteroatoms. The molecule has 2 rings (SSSR count). The molecule has 1 fully saturated rings. The minimum Gasteiger partial charge on any atom is -0.481 e. The van der Waals surface area contributed by atoms with Gasteiger partial charge in [-0.25, -0.2) is 9.59 Å². The number of rotatable bonds is 4. The molecule has 0 aromatic carbocycles. The van der Waals surface area contributed by atoms with E-state index < -0.39 is 12.1 Å². The van der Waals surface area contributed by atoms with Gasteiger partial charge in [-0.3, -0.25) is 4.79 Å². The highest BCUT2D eigenvalue weighted by Gasteiger charge is 2.26. The standard InChI is InChI=1S/C13H14Br2N2O6S/c1-22-12(19)10-9(8(14)11(15)24-10)23-6-7(18)16-2-4-17(5-3-16)13(20)21/h2-6H2,1H3,(H,20,21). The number of esters is 1. The molecule has 24 heavy (non-hydrogen) atoms. The van der Waals surface area contributed by atoms with Crippen molar-refractivity contribution in [1.82, 2.24) is 9.80 Å². The van der Waals surface area contributed by atoms with Crippen LogP contribution in [0.3, 0.4) is 0 Å². The number of hydrogen-bond donors (Lipinski definition) is 1. The number of thiophene rings is 1. The Morgan fingerprint density at radius 2 is 1.75 bits per heavy atom. The highest BCUT2D eigenvalue weighted by molar-refractivity contribution is 9.13. The second kappa shape index (κ2) is 8.17. The zero-order chi connectivity index (χ0) is 17.9. The normalized spacial score (nSPS) is 14.5. The average molecular weight is 486 g/mol. The second-order valence-corrected chi connectivity index (χ2v) is 7.91. The molecule has 0 atom stereocenters. The Bertz CT molecular complexity index is 657. The van der Waals surface area contributed by atoms with Crippen molar-refractivity contribution in [2.24, 2.45) is 0 Å². The Kier molecular flexibility index (Phi) is 6.47. The monoisotopic (exact) mass is 484 g/mol. The van der Waals surface area contributed by atoms with Crippen molar-refractivity contribution in [3.63, 3.8) is 0 Å². The lowest BCUT2D eigenvalue weighted by molar-refractivity contribution is -0.134. The fourth-order valence-electron chi connectivity index (χ4n) is 2.10. The highest BCUT2D eigenvalue weighted by Crippen LogP contribution is 2.43. The summed E-state index contributed by atoms with van der Waals surface area (Å²) in [5.41, 5.74) is 0. The largest absolute Gasteiger partial charge is 0.481 e. The first-order chi connectivity index (χ1) is 11.3. The number of carbonyl (C=O) groups excluding carboxylic acids is 2. The lowest BCUT2D eigenvalue weighted by Crippen LogP contribution is -2.51. The van der Waals surface area contributed by atoms with Gasteiger partial charge in [0.05, 0.1) is 15.4 Å². The minimum absolute atomic E-state index is 0.247. The summed E-state index contributed by atoms with van der Waals surface area (Å²) in [5.74, 6) is -0.578. The molecule has 0 spiro atoms. The smallest absolute Gasteiger partial charge is 0.407 e. The predicted molar refractivity (Wildman–Crippen MR) is 92.7 cm³/mol. The van der Waals surface area contributed by atoms with Crippen LogP contribution in [0.25, 0.3) is 0 Å². The number of methoxy groups -OCH3 is 1. The molecule has 2 amide bonds. The Morgan fingerprint density at radius 1 is 1.17 bits per heavy atom. The van der Waals surface area contributed by atoms with Gasteiger partial charge in [-0.05, 0) is 31.9 Å². The predicted octanol–water partition coefficient (Wildman–Crippen LogP) is 2.26. The van der Waals surface area contributed by atoms with Crippen molar-refractivity contribution < 1.29 is 29.0 Å². The SMILES string of the molecule is COC(=O)c1sc(Br)c(Br)c1OCC(=O)N1CCN(C(=O)O)CC1. The van der Waals surface area contributed by atoms with Gasteiger partial charge in [-0.1, -0.05) is 0 Å². The maximum atomic E-state index is 12.2. The summed E-state index contributed by atoms with van der Waals surface area (Å²) in [5, 5.41) is 8.90. The van der Waals surface area contributed by atoms with Crippen molar-refractivity contribution in [3.8, 4) is 5.75 Å². The van der Waals surface area contributed by atoms with Gasteiger partial charge >= 0.3 is 12.1 Å². The number of ether oxygens (including phenoxy) is 2. The van der Waals surface area contributed by atoms with E-state index in [0.29, 0.717) is 21.3 Å². The molecule has 1 aliphatic heterocycles. The fraction of sp³-hybridized carbons (Fsp3) is 0.462. The lowest BCUT2D eigenvalue weighted by Gasteiger charge is -2.33. The van der Waals surface area contributed by atoms with Crippen molar-refractivity contribution in [2.45, 2.75) is 0 Å². The van der Waals surface area contributed by atoms with E-state index in [9.17, 15) is 14.4 Å². The first kappa shape index (κ1) is 19.0. The Hall–Kier alpha value is -1.33. The minimum atomic E-state index is -0.992. The zero-order valence-electron chi connectivity index (χ0n) is 12.6. The van der Waals surface area contributed by atoms with Crippen LogP contribution in [0.1, 0.15) is 9.67 Å². The third-order valence-corrected chi connectivity index (χ3v) is 6.76. The van der Waals surface area contributed by atoms with Crippen molar-refractivity contribution in [2.75, 3.05) is 39.9 Å². The van der Waals surface area contributed by atoms with Gasteiger partial charge in [0, 0.05) is 26.2 Å².